The predicted molar refractivity (Wildman–Crippen MR) is 97.1 cm³/mol. The van der Waals surface area contributed by atoms with Crippen molar-refractivity contribution in [3.05, 3.63) is 60.3 Å². The number of aromatic nitrogens is 3. The van der Waals surface area contributed by atoms with E-state index in [4.69, 9.17) is 11.6 Å². The van der Waals surface area contributed by atoms with Gasteiger partial charge in [0.15, 0.2) is 0 Å². The van der Waals surface area contributed by atoms with Crippen LogP contribution in [0.5, 0.6) is 0 Å². The summed E-state index contributed by atoms with van der Waals surface area (Å²) in [6.45, 7) is 0.222. The number of aryl methyl sites for hydroxylation is 2. The van der Waals surface area contributed by atoms with Gasteiger partial charge in [-0.15, -0.1) is 11.3 Å². The van der Waals surface area contributed by atoms with Crippen LogP contribution in [0.4, 0.5) is 0 Å². The van der Waals surface area contributed by atoms with Crippen LogP contribution in [0.15, 0.2) is 27.9 Å². The average Bonchev–Trinajstić information content (AvgIpc) is 2.81. The Morgan fingerprint density at radius 1 is 1.20 bits per heavy atom. The van der Waals surface area contributed by atoms with Gasteiger partial charge in [-0.1, -0.05) is 28.8 Å². The van der Waals surface area contributed by atoms with Crippen LogP contribution in [0.1, 0.15) is 35.3 Å². The van der Waals surface area contributed by atoms with E-state index in [0.29, 0.717) is 15.4 Å². The van der Waals surface area contributed by atoms with Gasteiger partial charge in [0.25, 0.3) is 5.56 Å². The van der Waals surface area contributed by atoms with E-state index in [1.807, 2.05) is 0 Å². The summed E-state index contributed by atoms with van der Waals surface area (Å²) in [6.07, 6.45) is 6.54. The number of fused-ring (bicyclic) bond motifs is 3. The second-order valence-electron chi connectivity index (χ2n) is 6.22. The molecular weight excluding hydrogens is 362 g/mol. The zero-order chi connectivity index (χ0) is 17.6. The molecule has 4 rings (SSSR count). The highest BCUT2D eigenvalue weighted by molar-refractivity contribution is 7.18. The molecule has 0 saturated carbocycles. The lowest BCUT2D eigenvalue weighted by atomic mass is 10.1. The molecular formula is C17H16ClN3O3S. The maximum Gasteiger partial charge on any atom is 0.365 e. The molecule has 3 aromatic heterocycles. The third kappa shape index (κ3) is 2.77. The van der Waals surface area contributed by atoms with E-state index < -0.39 is 11.2 Å². The maximum absolute atomic E-state index is 12.5. The van der Waals surface area contributed by atoms with Crippen LogP contribution in [0.2, 0.25) is 5.15 Å². The molecule has 0 aromatic carbocycles. The quantitative estimate of drug-likeness (QED) is 0.423. The Labute approximate surface area is 151 Å². The molecule has 1 aliphatic rings. The summed E-state index contributed by atoms with van der Waals surface area (Å²) in [4.78, 5) is 30.8. The van der Waals surface area contributed by atoms with Gasteiger partial charge in [0, 0.05) is 11.1 Å². The van der Waals surface area contributed by atoms with Crippen molar-refractivity contribution >= 4 is 33.2 Å². The SMILES string of the molecule is O=c1c2c3c(sc2n(Cc2ccc(Cl)nc2)c(=O)n1O)CCCCC3. The Morgan fingerprint density at radius 3 is 2.76 bits per heavy atom. The van der Waals surface area contributed by atoms with Crippen molar-refractivity contribution in [1.82, 2.24) is 14.3 Å². The van der Waals surface area contributed by atoms with Crippen molar-refractivity contribution in [2.24, 2.45) is 0 Å². The van der Waals surface area contributed by atoms with Gasteiger partial charge in [-0.3, -0.25) is 9.36 Å². The van der Waals surface area contributed by atoms with Crippen LogP contribution >= 0.6 is 22.9 Å². The number of pyridine rings is 1. The second kappa shape index (κ2) is 6.31. The molecule has 6 nitrogen and oxygen atoms in total. The number of halogens is 1. The number of nitrogens with zero attached hydrogens (tertiary/aromatic N) is 3. The molecule has 0 aliphatic heterocycles. The standard InChI is InChI=1S/C17H16ClN3O3S/c18-13-7-6-10(8-19-13)9-20-16-14(15(22)21(24)17(20)23)11-4-2-1-3-5-12(11)25-16/h6-8,24H,1-5,9H2. The Morgan fingerprint density at radius 2 is 2.00 bits per heavy atom. The smallest absolute Gasteiger partial charge is 0.365 e. The molecule has 8 heteroatoms. The van der Waals surface area contributed by atoms with Crippen LogP contribution in [0.25, 0.3) is 10.2 Å². The van der Waals surface area contributed by atoms with E-state index in [-0.39, 0.29) is 11.3 Å². The maximum atomic E-state index is 12.5. The average molecular weight is 378 g/mol. The van der Waals surface area contributed by atoms with Crippen molar-refractivity contribution in [2.75, 3.05) is 0 Å². The normalized spacial score (nSPS) is 14.4. The summed E-state index contributed by atoms with van der Waals surface area (Å²) in [7, 11) is 0. The largest absolute Gasteiger partial charge is 0.421 e. The lowest BCUT2D eigenvalue weighted by Crippen LogP contribution is -2.38. The van der Waals surface area contributed by atoms with Gasteiger partial charge < -0.3 is 5.21 Å². The molecule has 25 heavy (non-hydrogen) atoms. The Kier molecular flexibility index (Phi) is 4.13. The summed E-state index contributed by atoms with van der Waals surface area (Å²) in [5, 5.41) is 10.9. The van der Waals surface area contributed by atoms with Gasteiger partial charge in [-0.2, -0.15) is 0 Å². The molecule has 0 spiro atoms. The van der Waals surface area contributed by atoms with Crippen LogP contribution in [0, 0.1) is 0 Å². The first kappa shape index (κ1) is 16.4. The first-order valence-corrected chi connectivity index (χ1v) is 9.35. The van der Waals surface area contributed by atoms with Crippen molar-refractivity contribution in [3.63, 3.8) is 0 Å². The fourth-order valence-corrected chi connectivity index (χ4v) is 4.84. The molecule has 0 atom stereocenters. The zero-order valence-corrected chi connectivity index (χ0v) is 14.9. The fraction of sp³-hybridized carbons (Fsp3) is 0.353. The van der Waals surface area contributed by atoms with Crippen LogP contribution in [0.3, 0.4) is 0 Å². The van der Waals surface area contributed by atoms with Gasteiger partial charge >= 0.3 is 5.69 Å². The summed E-state index contributed by atoms with van der Waals surface area (Å²) in [6, 6.07) is 3.43. The molecule has 0 saturated heterocycles. The molecule has 0 amide bonds. The first-order valence-electron chi connectivity index (χ1n) is 8.16. The highest BCUT2D eigenvalue weighted by Crippen LogP contribution is 2.33. The van der Waals surface area contributed by atoms with Crippen LogP contribution in [-0.2, 0) is 19.4 Å². The van der Waals surface area contributed by atoms with Crippen molar-refractivity contribution in [3.8, 4) is 0 Å². The Balaban J connectivity index is 1.96. The topological polar surface area (TPSA) is 77.1 Å². The third-order valence-corrected chi connectivity index (χ3v) is 6.13. The van der Waals surface area contributed by atoms with Gasteiger partial charge in [-0.05, 0) is 42.9 Å². The van der Waals surface area contributed by atoms with Gasteiger partial charge in [0.2, 0.25) is 0 Å². The minimum Gasteiger partial charge on any atom is -0.421 e. The zero-order valence-electron chi connectivity index (χ0n) is 13.4. The van der Waals surface area contributed by atoms with E-state index in [0.717, 1.165) is 48.1 Å². The summed E-state index contributed by atoms with van der Waals surface area (Å²) in [5.74, 6) is 0. The highest BCUT2D eigenvalue weighted by atomic mass is 35.5. The second-order valence-corrected chi connectivity index (χ2v) is 7.69. The van der Waals surface area contributed by atoms with Crippen molar-refractivity contribution < 1.29 is 5.21 Å². The molecule has 0 fully saturated rings. The summed E-state index contributed by atoms with van der Waals surface area (Å²) >= 11 is 7.30. The fourth-order valence-electron chi connectivity index (χ4n) is 3.35. The molecule has 130 valence electrons. The van der Waals surface area contributed by atoms with E-state index in [9.17, 15) is 14.8 Å². The molecule has 0 unspecified atom stereocenters. The molecule has 0 radical (unpaired) electrons. The number of hydrogen-bond donors (Lipinski definition) is 1. The molecule has 3 heterocycles. The summed E-state index contributed by atoms with van der Waals surface area (Å²) < 4.78 is 1.67. The van der Waals surface area contributed by atoms with E-state index in [1.165, 1.54) is 15.9 Å². The van der Waals surface area contributed by atoms with E-state index in [2.05, 4.69) is 4.98 Å². The third-order valence-electron chi connectivity index (χ3n) is 4.60. The van der Waals surface area contributed by atoms with Crippen LogP contribution < -0.4 is 11.2 Å². The predicted octanol–water partition coefficient (Wildman–Crippen LogP) is 2.83. The lowest BCUT2D eigenvalue weighted by molar-refractivity contribution is 0.158. The molecule has 1 N–H and O–H groups in total. The number of hydrogen-bond acceptors (Lipinski definition) is 5. The lowest BCUT2D eigenvalue weighted by Gasteiger charge is -2.09. The molecule has 1 aliphatic carbocycles. The van der Waals surface area contributed by atoms with E-state index >= 15 is 0 Å². The molecule has 3 aromatic rings. The molecule has 0 bridgehead atoms. The van der Waals surface area contributed by atoms with Crippen LogP contribution in [-0.4, -0.2) is 19.5 Å². The van der Waals surface area contributed by atoms with Gasteiger partial charge in [-0.25, -0.2) is 9.78 Å². The monoisotopic (exact) mass is 377 g/mol. The number of rotatable bonds is 2. The van der Waals surface area contributed by atoms with Gasteiger partial charge in [0.1, 0.15) is 9.98 Å². The summed E-state index contributed by atoms with van der Waals surface area (Å²) in [5.41, 5.74) is 0.414. The van der Waals surface area contributed by atoms with Crippen molar-refractivity contribution in [1.29, 1.82) is 0 Å². The van der Waals surface area contributed by atoms with E-state index in [1.54, 1.807) is 18.3 Å². The highest BCUT2D eigenvalue weighted by Gasteiger charge is 2.22. The van der Waals surface area contributed by atoms with Gasteiger partial charge in [0.05, 0.1) is 11.9 Å². The Bertz CT molecular complexity index is 1070. The minimum absolute atomic E-state index is 0.222. The minimum atomic E-state index is -0.733. The first-order chi connectivity index (χ1) is 12.1. The Hall–Kier alpha value is -2.12. The van der Waals surface area contributed by atoms with Crippen molar-refractivity contribution in [2.45, 2.75) is 38.6 Å². The number of thiophene rings is 1.